The molecular weight excluding hydrogens is 410 g/mol. The van der Waals surface area contributed by atoms with Crippen LogP contribution in [0.3, 0.4) is 0 Å². The fraction of sp³-hybridized carbons (Fsp3) is 0.750. The van der Waals surface area contributed by atoms with Crippen molar-refractivity contribution in [3.05, 3.63) is 33.1 Å². The Kier molecular flexibility index (Phi) is 6.45. The quantitative estimate of drug-likeness (QED) is 0.584. The van der Waals surface area contributed by atoms with Gasteiger partial charge in [0.05, 0.1) is 11.7 Å². The van der Waals surface area contributed by atoms with E-state index in [4.69, 9.17) is 29.4 Å². The Hall–Kier alpha value is -2.05. The Labute approximate surface area is 179 Å². The van der Waals surface area contributed by atoms with E-state index in [0.29, 0.717) is 0 Å². The molecular formula is C20H31N3O8. The fourth-order valence-electron chi connectivity index (χ4n) is 3.73. The van der Waals surface area contributed by atoms with Crippen LogP contribution in [0.4, 0.5) is 0 Å². The van der Waals surface area contributed by atoms with E-state index in [1.54, 1.807) is 20.8 Å². The SMILES string of the molecule is C[C@@H](OC(C)(C)C)[C@H](N)C(=O)OC[C@H]1O[C@@H](n2ccc(=O)[nH]c2=O)[C@@H]2OC(C)(C)O[C@@H]21. The van der Waals surface area contributed by atoms with Crippen LogP contribution in [-0.4, -0.2) is 64.0 Å². The van der Waals surface area contributed by atoms with E-state index in [0.717, 1.165) is 0 Å². The molecule has 1 aromatic rings. The maximum atomic E-state index is 12.4. The molecule has 0 spiro atoms. The van der Waals surface area contributed by atoms with Crippen LogP contribution in [-0.2, 0) is 28.5 Å². The third-order valence-electron chi connectivity index (χ3n) is 4.96. The molecule has 0 saturated carbocycles. The minimum atomic E-state index is -0.980. The van der Waals surface area contributed by atoms with Gasteiger partial charge >= 0.3 is 11.7 Å². The van der Waals surface area contributed by atoms with Crippen molar-refractivity contribution >= 4 is 5.97 Å². The van der Waals surface area contributed by atoms with Gasteiger partial charge in [-0.15, -0.1) is 0 Å². The largest absolute Gasteiger partial charge is 0.462 e. The van der Waals surface area contributed by atoms with Crippen molar-refractivity contribution in [2.24, 2.45) is 5.73 Å². The number of nitrogens with one attached hydrogen (secondary N) is 1. The molecule has 31 heavy (non-hydrogen) atoms. The third kappa shape index (κ3) is 5.42. The molecule has 6 atom stereocenters. The van der Waals surface area contributed by atoms with Gasteiger partial charge in [0, 0.05) is 12.3 Å². The Morgan fingerprint density at radius 2 is 1.94 bits per heavy atom. The summed E-state index contributed by atoms with van der Waals surface area (Å²) in [7, 11) is 0. The number of esters is 1. The molecule has 0 radical (unpaired) electrons. The van der Waals surface area contributed by atoms with Gasteiger partial charge in [0.25, 0.3) is 5.56 Å². The molecule has 11 nitrogen and oxygen atoms in total. The smallest absolute Gasteiger partial charge is 0.330 e. The molecule has 0 aliphatic carbocycles. The normalized spacial score (nSPS) is 29.4. The highest BCUT2D eigenvalue weighted by Crippen LogP contribution is 2.42. The molecule has 3 N–H and O–H groups in total. The van der Waals surface area contributed by atoms with Crippen LogP contribution in [0.5, 0.6) is 0 Å². The number of hydrogen-bond acceptors (Lipinski definition) is 9. The lowest BCUT2D eigenvalue weighted by molar-refractivity contribution is -0.203. The number of H-pyrrole nitrogens is 1. The lowest BCUT2D eigenvalue weighted by Gasteiger charge is -2.28. The molecule has 1 aromatic heterocycles. The molecule has 0 aromatic carbocycles. The highest BCUT2D eigenvalue weighted by Gasteiger charge is 2.56. The molecule has 3 heterocycles. The van der Waals surface area contributed by atoms with Crippen molar-refractivity contribution in [1.82, 2.24) is 9.55 Å². The molecule has 0 unspecified atom stereocenters. The van der Waals surface area contributed by atoms with Crippen molar-refractivity contribution in [1.29, 1.82) is 0 Å². The van der Waals surface area contributed by atoms with Gasteiger partial charge in [0.15, 0.2) is 12.0 Å². The summed E-state index contributed by atoms with van der Waals surface area (Å²) in [5.74, 6) is -1.56. The molecule has 2 aliphatic heterocycles. The predicted molar refractivity (Wildman–Crippen MR) is 108 cm³/mol. The number of nitrogens with zero attached hydrogens (tertiary/aromatic N) is 1. The molecule has 0 bridgehead atoms. The summed E-state index contributed by atoms with van der Waals surface area (Å²) in [5.41, 5.74) is 4.35. The number of aromatic nitrogens is 2. The van der Waals surface area contributed by atoms with Gasteiger partial charge in [-0.3, -0.25) is 19.1 Å². The van der Waals surface area contributed by atoms with Crippen molar-refractivity contribution < 1.29 is 28.5 Å². The number of rotatable bonds is 6. The standard InChI is InChI=1S/C20H31N3O8/c1-10(29-19(2,3)4)13(21)17(25)27-9-11-14-15(31-20(5,6)30-14)16(28-11)23-8-7-12(24)22-18(23)26/h7-8,10-11,13-16H,9,21H2,1-6H3,(H,22,24,26)/t10-,11-,13+,14-,15-,16-/m1/s1. The summed E-state index contributed by atoms with van der Waals surface area (Å²) in [6, 6.07) is 0.232. The van der Waals surface area contributed by atoms with Gasteiger partial charge in [0.2, 0.25) is 0 Å². The van der Waals surface area contributed by atoms with Gasteiger partial charge in [-0.2, -0.15) is 0 Å². The van der Waals surface area contributed by atoms with Crippen molar-refractivity contribution in [2.45, 2.75) is 89.6 Å². The van der Waals surface area contributed by atoms with E-state index in [1.807, 2.05) is 20.8 Å². The summed E-state index contributed by atoms with van der Waals surface area (Å²) in [5, 5.41) is 0. The van der Waals surface area contributed by atoms with E-state index >= 15 is 0 Å². The first-order chi connectivity index (χ1) is 14.3. The number of hydrogen-bond donors (Lipinski definition) is 2. The van der Waals surface area contributed by atoms with Crippen LogP contribution in [0.15, 0.2) is 21.9 Å². The highest BCUT2D eigenvalue weighted by atomic mass is 16.8. The minimum absolute atomic E-state index is 0.149. The van der Waals surface area contributed by atoms with Gasteiger partial charge in [-0.05, 0) is 41.5 Å². The zero-order valence-corrected chi connectivity index (χ0v) is 18.6. The minimum Gasteiger partial charge on any atom is -0.462 e. The van der Waals surface area contributed by atoms with Crippen molar-refractivity contribution in [3.8, 4) is 0 Å². The van der Waals surface area contributed by atoms with Crippen LogP contribution in [0, 0.1) is 0 Å². The Morgan fingerprint density at radius 1 is 1.29 bits per heavy atom. The molecule has 0 amide bonds. The van der Waals surface area contributed by atoms with E-state index < -0.39 is 65.3 Å². The van der Waals surface area contributed by atoms with E-state index in [1.165, 1.54) is 16.8 Å². The van der Waals surface area contributed by atoms with Crippen LogP contribution < -0.4 is 17.0 Å². The molecule has 2 aliphatic rings. The second-order valence-corrected chi connectivity index (χ2v) is 9.24. The molecule has 11 heteroatoms. The molecule has 174 valence electrons. The average molecular weight is 441 g/mol. The van der Waals surface area contributed by atoms with E-state index in [2.05, 4.69) is 4.98 Å². The summed E-state index contributed by atoms with van der Waals surface area (Å²) in [4.78, 5) is 38.3. The molecule has 3 rings (SSSR count). The van der Waals surface area contributed by atoms with Crippen LogP contribution in [0.25, 0.3) is 0 Å². The zero-order chi connectivity index (χ0) is 23.1. The van der Waals surface area contributed by atoms with Gasteiger partial charge in [-0.1, -0.05) is 0 Å². The van der Waals surface area contributed by atoms with E-state index in [-0.39, 0.29) is 6.61 Å². The summed E-state index contributed by atoms with van der Waals surface area (Å²) in [6.45, 7) is 10.6. The van der Waals surface area contributed by atoms with Gasteiger partial charge < -0.3 is 29.4 Å². The number of carbonyl (C=O) groups is 1. The van der Waals surface area contributed by atoms with E-state index in [9.17, 15) is 14.4 Å². The number of fused-ring (bicyclic) bond motifs is 1. The first-order valence-corrected chi connectivity index (χ1v) is 10.2. The number of nitrogens with two attached hydrogens (primary N) is 1. The third-order valence-corrected chi connectivity index (χ3v) is 4.96. The first kappa shape index (κ1) is 23.6. The van der Waals surface area contributed by atoms with Gasteiger partial charge in [0.1, 0.15) is 31.0 Å². The Bertz CT molecular complexity index is 918. The monoisotopic (exact) mass is 441 g/mol. The van der Waals surface area contributed by atoms with Crippen molar-refractivity contribution in [2.75, 3.05) is 6.61 Å². The summed E-state index contributed by atoms with van der Waals surface area (Å²) >= 11 is 0. The highest BCUT2D eigenvalue weighted by molar-refractivity contribution is 5.76. The Balaban J connectivity index is 1.71. The van der Waals surface area contributed by atoms with Crippen molar-refractivity contribution in [3.63, 3.8) is 0 Å². The number of carbonyl (C=O) groups excluding carboxylic acids is 1. The first-order valence-electron chi connectivity index (χ1n) is 10.2. The fourth-order valence-corrected chi connectivity index (χ4v) is 3.73. The topological polar surface area (TPSA) is 144 Å². The predicted octanol–water partition coefficient (Wildman–Crippen LogP) is 0.0282. The molecule has 2 saturated heterocycles. The van der Waals surface area contributed by atoms with Gasteiger partial charge in [-0.25, -0.2) is 4.79 Å². The second-order valence-electron chi connectivity index (χ2n) is 9.24. The van der Waals surface area contributed by atoms with Crippen LogP contribution in [0.2, 0.25) is 0 Å². The lowest BCUT2D eigenvalue weighted by Crippen LogP contribution is -2.46. The van der Waals surface area contributed by atoms with Crippen LogP contribution >= 0.6 is 0 Å². The average Bonchev–Trinajstić information content (AvgIpc) is 3.11. The number of aromatic amines is 1. The summed E-state index contributed by atoms with van der Waals surface area (Å²) in [6.07, 6.45) is -2.03. The maximum absolute atomic E-state index is 12.4. The lowest BCUT2D eigenvalue weighted by atomic mass is 10.1. The zero-order valence-electron chi connectivity index (χ0n) is 18.6. The maximum Gasteiger partial charge on any atom is 0.330 e. The number of ether oxygens (including phenoxy) is 5. The molecule has 2 fully saturated rings. The second kappa shape index (κ2) is 8.47. The Morgan fingerprint density at radius 3 is 2.55 bits per heavy atom. The van der Waals surface area contributed by atoms with Crippen LogP contribution in [0.1, 0.15) is 47.8 Å². The summed E-state index contributed by atoms with van der Waals surface area (Å²) < 4.78 is 30.1.